The van der Waals surface area contributed by atoms with Crippen LogP contribution in [0.4, 0.5) is 5.69 Å². The second kappa shape index (κ2) is 10.2. The molecule has 1 aliphatic heterocycles. The Morgan fingerprint density at radius 1 is 0.923 bits per heavy atom. The van der Waals surface area contributed by atoms with Gasteiger partial charge in [-0.3, -0.25) is 4.79 Å². The van der Waals surface area contributed by atoms with Crippen LogP contribution in [0.5, 0.6) is 5.75 Å². The maximum atomic E-state index is 14.4. The van der Waals surface area contributed by atoms with Gasteiger partial charge in [-0.1, -0.05) is 54.1 Å². The monoisotopic (exact) mass is 532 g/mol. The van der Waals surface area contributed by atoms with Crippen LogP contribution >= 0.6 is 11.6 Å². The van der Waals surface area contributed by atoms with Gasteiger partial charge in [-0.05, 0) is 71.8 Å². The standard InChI is InChI=1S/C32H25ClN4O2/c1-39-25-16-10-20(11-17-25)29-18-27(26-4-2-3-5-28(26)35-29)32(38)37-31(22-6-12-23(33)13-7-22)19-30(36-37)21-8-14-24(34)15-9-21/h2-18,31H,19,34H2,1H3. The fourth-order valence-corrected chi connectivity index (χ4v) is 5.00. The summed E-state index contributed by atoms with van der Waals surface area (Å²) in [5.41, 5.74) is 12.1. The molecule has 1 aromatic heterocycles. The maximum Gasteiger partial charge on any atom is 0.275 e. The van der Waals surface area contributed by atoms with Crippen LogP contribution < -0.4 is 10.5 Å². The zero-order chi connectivity index (χ0) is 26.9. The van der Waals surface area contributed by atoms with Crippen LogP contribution in [0.2, 0.25) is 5.02 Å². The number of carbonyl (C=O) groups is 1. The fourth-order valence-electron chi connectivity index (χ4n) is 4.88. The molecule has 0 radical (unpaired) electrons. The number of para-hydroxylation sites is 1. The van der Waals surface area contributed by atoms with Crippen LogP contribution in [-0.2, 0) is 0 Å². The van der Waals surface area contributed by atoms with Crippen LogP contribution in [0.1, 0.15) is 33.9 Å². The number of nitrogens with zero attached hydrogens (tertiary/aromatic N) is 3. The van der Waals surface area contributed by atoms with Crippen molar-refractivity contribution in [2.75, 3.05) is 12.8 Å². The first-order valence-electron chi connectivity index (χ1n) is 12.6. The number of hydrogen-bond acceptors (Lipinski definition) is 5. The number of hydrazone groups is 1. The molecule has 0 aliphatic carbocycles. The number of rotatable bonds is 5. The molecule has 0 saturated heterocycles. The summed E-state index contributed by atoms with van der Waals surface area (Å²) in [5.74, 6) is 0.553. The summed E-state index contributed by atoms with van der Waals surface area (Å²) in [6.45, 7) is 0. The average Bonchev–Trinajstić information content (AvgIpc) is 3.42. The van der Waals surface area contributed by atoms with E-state index < -0.39 is 0 Å². The topological polar surface area (TPSA) is 80.8 Å². The minimum atomic E-state index is -0.293. The lowest BCUT2D eigenvalue weighted by Crippen LogP contribution is -2.27. The first-order chi connectivity index (χ1) is 19.0. The molecule has 2 N–H and O–H groups in total. The van der Waals surface area contributed by atoms with E-state index in [0.29, 0.717) is 28.4 Å². The van der Waals surface area contributed by atoms with E-state index in [1.165, 1.54) is 0 Å². The molecule has 7 heteroatoms. The second-order valence-electron chi connectivity index (χ2n) is 9.39. The van der Waals surface area contributed by atoms with Crippen LogP contribution in [-0.4, -0.2) is 28.7 Å². The molecule has 1 unspecified atom stereocenters. The van der Waals surface area contributed by atoms with Gasteiger partial charge in [0.15, 0.2) is 0 Å². The molecule has 0 fully saturated rings. The van der Waals surface area contributed by atoms with Crippen LogP contribution in [0.25, 0.3) is 22.2 Å². The third-order valence-corrected chi connectivity index (χ3v) is 7.20. The third kappa shape index (κ3) is 4.82. The number of benzene rings is 4. The molecule has 2 heterocycles. The predicted octanol–water partition coefficient (Wildman–Crippen LogP) is 7.14. The Morgan fingerprint density at radius 2 is 1.62 bits per heavy atom. The summed E-state index contributed by atoms with van der Waals surface area (Å²) >= 11 is 6.18. The van der Waals surface area contributed by atoms with Crippen molar-refractivity contribution in [2.24, 2.45) is 5.10 Å². The van der Waals surface area contributed by atoms with Gasteiger partial charge in [0.2, 0.25) is 0 Å². The Balaban J connectivity index is 1.47. The van der Waals surface area contributed by atoms with Gasteiger partial charge in [0.1, 0.15) is 5.75 Å². The Kier molecular flexibility index (Phi) is 6.47. The van der Waals surface area contributed by atoms with Gasteiger partial charge in [-0.15, -0.1) is 0 Å². The molecule has 4 aromatic carbocycles. The van der Waals surface area contributed by atoms with E-state index in [-0.39, 0.29) is 11.9 Å². The summed E-state index contributed by atoms with van der Waals surface area (Å²) < 4.78 is 5.31. The normalized spacial score (nSPS) is 14.9. The number of hydrogen-bond donors (Lipinski definition) is 1. The number of nitrogens with two attached hydrogens (primary N) is 1. The predicted molar refractivity (Wildman–Crippen MR) is 156 cm³/mol. The molecule has 192 valence electrons. The highest BCUT2D eigenvalue weighted by Crippen LogP contribution is 2.36. The smallest absolute Gasteiger partial charge is 0.275 e. The molecule has 6 rings (SSSR count). The van der Waals surface area contributed by atoms with Gasteiger partial charge in [-0.25, -0.2) is 9.99 Å². The molecular formula is C32H25ClN4O2. The number of nitrogen functional groups attached to an aromatic ring is 1. The van der Waals surface area contributed by atoms with E-state index in [1.54, 1.807) is 12.1 Å². The highest BCUT2D eigenvalue weighted by molar-refractivity contribution is 6.30. The highest BCUT2D eigenvalue weighted by Gasteiger charge is 2.34. The van der Waals surface area contributed by atoms with Gasteiger partial charge < -0.3 is 10.5 Å². The second-order valence-corrected chi connectivity index (χ2v) is 9.83. The quantitative estimate of drug-likeness (QED) is 0.244. The van der Waals surface area contributed by atoms with E-state index in [2.05, 4.69) is 0 Å². The first kappa shape index (κ1) is 24.6. The molecule has 0 spiro atoms. The first-order valence-corrected chi connectivity index (χ1v) is 12.9. The lowest BCUT2D eigenvalue weighted by Gasteiger charge is -2.23. The van der Waals surface area contributed by atoms with E-state index in [1.807, 2.05) is 103 Å². The Labute approximate surface area is 231 Å². The molecular weight excluding hydrogens is 508 g/mol. The fraction of sp³-hybridized carbons (Fsp3) is 0.0938. The van der Waals surface area contributed by atoms with Crippen molar-refractivity contribution in [2.45, 2.75) is 12.5 Å². The zero-order valence-corrected chi connectivity index (χ0v) is 22.0. The lowest BCUT2D eigenvalue weighted by molar-refractivity contribution is 0.0713. The Bertz CT molecular complexity index is 1700. The molecule has 0 saturated carbocycles. The summed E-state index contributed by atoms with van der Waals surface area (Å²) in [4.78, 5) is 19.2. The molecule has 0 bridgehead atoms. The Hall–Kier alpha value is -4.68. The lowest BCUT2D eigenvalue weighted by atomic mass is 9.97. The molecule has 1 atom stereocenters. The minimum absolute atomic E-state index is 0.200. The summed E-state index contributed by atoms with van der Waals surface area (Å²) in [7, 11) is 1.63. The van der Waals surface area contributed by atoms with Crippen molar-refractivity contribution < 1.29 is 9.53 Å². The van der Waals surface area contributed by atoms with E-state index in [4.69, 9.17) is 32.2 Å². The minimum Gasteiger partial charge on any atom is -0.497 e. The molecule has 6 nitrogen and oxygen atoms in total. The van der Waals surface area contributed by atoms with Crippen LogP contribution in [0.15, 0.2) is 108 Å². The number of carbonyl (C=O) groups excluding carboxylic acids is 1. The van der Waals surface area contributed by atoms with Crippen LogP contribution in [0.3, 0.4) is 0 Å². The average molecular weight is 533 g/mol. The summed E-state index contributed by atoms with van der Waals surface area (Å²) in [6.07, 6.45) is 0.561. The molecule has 1 amide bonds. The Morgan fingerprint density at radius 3 is 2.33 bits per heavy atom. The van der Waals surface area contributed by atoms with Crippen molar-refractivity contribution >= 4 is 39.8 Å². The molecule has 39 heavy (non-hydrogen) atoms. The van der Waals surface area contributed by atoms with Gasteiger partial charge in [0, 0.05) is 28.1 Å². The zero-order valence-electron chi connectivity index (χ0n) is 21.2. The number of pyridine rings is 1. The number of aromatic nitrogens is 1. The molecule has 5 aromatic rings. The highest BCUT2D eigenvalue weighted by atomic mass is 35.5. The number of amides is 1. The number of halogens is 1. The number of methoxy groups -OCH3 is 1. The van der Waals surface area contributed by atoms with Crippen molar-refractivity contribution in [1.29, 1.82) is 0 Å². The number of anilines is 1. The largest absolute Gasteiger partial charge is 0.497 e. The van der Waals surface area contributed by atoms with Crippen molar-refractivity contribution in [3.63, 3.8) is 0 Å². The SMILES string of the molecule is COc1ccc(-c2cc(C(=O)N3N=C(c4ccc(N)cc4)CC3c3ccc(Cl)cc3)c3ccccc3n2)cc1. The number of fused-ring (bicyclic) bond motifs is 1. The summed E-state index contributed by atoms with van der Waals surface area (Å²) in [5, 5.41) is 7.86. The van der Waals surface area contributed by atoms with E-state index >= 15 is 0 Å². The molecule has 1 aliphatic rings. The summed E-state index contributed by atoms with van der Waals surface area (Å²) in [6, 6.07) is 32.0. The van der Waals surface area contributed by atoms with Crippen molar-refractivity contribution in [1.82, 2.24) is 9.99 Å². The van der Waals surface area contributed by atoms with Gasteiger partial charge in [0.25, 0.3) is 5.91 Å². The van der Waals surface area contributed by atoms with Gasteiger partial charge >= 0.3 is 0 Å². The van der Waals surface area contributed by atoms with Crippen molar-refractivity contribution in [3.05, 3.63) is 125 Å². The number of ether oxygens (including phenoxy) is 1. The third-order valence-electron chi connectivity index (χ3n) is 6.95. The van der Waals surface area contributed by atoms with E-state index in [0.717, 1.165) is 39.1 Å². The van der Waals surface area contributed by atoms with E-state index in [9.17, 15) is 4.79 Å². The van der Waals surface area contributed by atoms with Gasteiger partial charge in [0.05, 0.1) is 35.6 Å². The van der Waals surface area contributed by atoms with Crippen LogP contribution in [0, 0.1) is 0 Å². The van der Waals surface area contributed by atoms with Gasteiger partial charge in [-0.2, -0.15) is 5.10 Å². The maximum absolute atomic E-state index is 14.4. The van der Waals surface area contributed by atoms with Crippen molar-refractivity contribution in [3.8, 4) is 17.0 Å².